The first-order valence-corrected chi connectivity index (χ1v) is 6.89. The number of benzene rings is 1. The van der Waals surface area contributed by atoms with Gasteiger partial charge in [-0.05, 0) is 44.7 Å². The predicted octanol–water partition coefficient (Wildman–Crippen LogP) is 3.19. The second-order valence-corrected chi connectivity index (χ2v) is 5.18. The van der Waals surface area contributed by atoms with E-state index in [2.05, 4.69) is 50.5 Å². The van der Waals surface area contributed by atoms with Crippen LogP contribution in [0, 0.1) is 12.8 Å². The molecule has 2 atom stereocenters. The molecule has 2 nitrogen and oxygen atoms in total. The molecule has 0 saturated heterocycles. The first-order valence-electron chi connectivity index (χ1n) is 6.89. The minimum atomic E-state index is 0.570. The van der Waals surface area contributed by atoms with Gasteiger partial charge in [0.25, 0.3) is 0 Å². The average molecular weight is 249 g/mol. The van der Waals surface area contributed by atoms with Gasteiger partial charge in [-0.25, -0.2) is 0 Å². The highest BCUT2D eigenvalue weighted by Gasteiger charge is 2.14. The number of hydrogen-bond acceptors (Lipinski definition) is 2. The maximum Gasteiger partial charge on any atom is 0.0465 e. The Bertz CT molecular complexity index is 338. The minimum Gasteiger partial charge on any atom is -0.385 e. The van der Waals surface area contributed by atoms with Crippen LogP contribution in [0.2, 0.25) is 0 Å². The van der Waals surface area contributed by atoms with Crippen LogP contribution in [0.3, 0.4) is 0 Å². The van der Waals surface area contributed by atoms with Crippen LogP contribution in [-0.2, 0) is 11.2 Å². The Hall–Kier alpha value is -0.860. The first kappa shape index (κ1) is 15.2. The number of hydrogen-bond donors (Lipinski definition) is 1. The lowest BCUT2D eigenvalue weighted by atomic mass is 9.93. The zero-order valence-electron chi connectivity index (χ0n) is 12.2. The van der Waals surface area contributed by atoms with Crippen molar-refractivity contribution in [3.05, 3.63) is 35.4 Å². The van der Waals surface area contributed by atoms with Gasteiger partial charge in [-0.3, -0.25) is 0 Å². The normalized spacial score (nSPS) is 14.4. The predicted molar refractivity (Wildman–Crippen MR) is 78.0 cm³/mol. The Balaban J connectivity index is 2.43. The topological polar surface area (TPSA) is 21.3 Å². The Kier molecular flexibility index (Phi) is 6.99. The summed E-state index contributed by atoms with van der Waals surface area (Å²) < 4.78 is 5.16. The molecule has 0 saturated carbocycles. The van der Waals surface area contributed by atoms with Crippen LogP contribution in [0.1, 0.15) is 30.9 Å². The van der Waals surface area contributed by atoms with Crippen molar-refractivity contribution >= 4 is 0 Å². The Morgan fingerprint density at radius 1 is 1.28 bits per heavy atom. The van der Waals surface area contributed by atoms with E-state index in [-0.39, 0.29) is 0 Å². The first-order chi connectivity index (χ1) is 8.67. The second kappa shape index (κ2) is 8.28. The van der Waals surface area contributed by atoms with E-state index in [1.807, 2.05) is 0 Å². The summed E-state index contributed by atoms with van der Waals surface area (Å²) in [7, 11) is 3.83. The SMILES string of the molecule is CNC(CCc1cccc(C)c1)C(C)CCOC. The van der Waals surface area contributed by atoms with Crippen LogP contribution in [0.4, 0.5) is 0 Å². The molecule has 0 radical (unpaired) electrons. The molecule has 0 aliphatic heterocycles. The van der Waals surface area contributed by atoms with E-state index in [1.165, 1.54) is 17.5 Å². The lowest BCUT2D eigenvalue weighted by molar-refractivity contribution is 0.170. The van der Waals surface area contributed by atoms with Crippen molar-refractivity contribution in [2.45, 2.75) is 39.2 Å². The molecule has 1 N–H and O–H groups in total. The molecule has 1 rings (SSSR count). The highest BCUT2D eigenvalue weighted by atomic mass is 16.5. The molecule has 0 amide bonds. The molecular weight excluding hydrogens is 222 g/mol. The monoisotopic (exact) mass is 249 g/mol. The number of ether oxygens (including phenoxy) is 1. The lowest BCUT2D eigenvalue weighted by Crippen LogP contribution is -2.33. The van der Waals surface area contributed by atoms with E-state index >= 15 is 0 Å². The standard InChI is InChI=1S/C16H27NO/c1-13-6-5-7-15(12-13)8-9-16(17-3)14(2)10-11-18-4/h5-7,12,14,16-17H,8-11H2,1-4H3. The molecule has 0 spiro atoms. The van der Waals surface area contributed by atoms with E-state index in [1.54, 1.807) is 7.11 Å². The van der Waals surface area contributed by atoms with Crippen molar-refractivity contribution in [1.29, 1.82) is 0 Å². The van der Waals surface area contributed by atoms with Crippen LogP contribution in [0.25, 0.3) is 0 Å². The lowest BCUT2D eigenvalue weighted by Gasteiger charge is -2.23. The zero-order valence-corrected chi connectivity index (χ0v) is 12.2. The molecule has 0 aromatic heterocycles. The minimum absolute atomic E-state index is 0.570. The molecule has 1 aromatic carbocycles. The van der Waals surface area contributed by atoms with Gasteiger partial charge in [0.15, 0.2) is 0 Å². The molecule has 0 aliphatic carbocycles. The average Bonchev–Trinajstić information content (AvgIpc) is 2.37. The number of aryl methyl sites for hydroxylation is 2. The third-order valence-electron chi connectivity index (χ3n) is 3.66. The molecule has 18 heavy (non-hydrogen) atoms. The summed E-state index contributed by atoms with van der Waals surface area (Å²) in [5.41, 5.74) is 2.79. The van der Waals surface area contributed by atoms with Gasteiger partial charge < -0.3 is 10.1 Å². The quantitative estimate of drug-likeness (QED) is 0.764. The van der Waals surface area contributed by atoms with Gasteiger partial charge in [-0.1, -0.05) is 36.8 Å². The Morgan fingerprint density at radius 2 is 2.06 bits per heavy atom. The van der Waals surface area contributed by atoms with E-state index in [0.29, 0.717) is 12.0 Å². The molecule has 2 unspecified atom stereocenters. The summed E-state index contributed by atoms with van der Waals surface area (Å²) >= 11 is 0. The molecule has 0 bridgehead atoms. The molecule has 1 aromatic rings. The van der Waals surface area contributed by atoms with Crippen molar-refractivity contribution in [3.8, 4) is 0 Å². The maximum atomic E-state index is 5.16. The largest absolute Gasteiger partial charge is 0.385 e. The molecular formula is C16H27NO. The van der Waals surface area contributed by atoms with Crippen LogP contribution in [-0.4, -0.2) is 26.8 Å². The molecule has 0 heterocycles. The van der Waals surface area contributed by atoms with Crippen LogP contribution in [0.5, 0.6) is 0 Å². The van der Waals surface area contributed by atoms with Gasteiger partial charge in [0.2, 0.25) is 0 Å². The Labute approximate surface area is 112 Å². The summed E-state index contributed by atoms with van der Waals surface area (Å²) in [5.74, 6) is 0.653. The third-order valence-corrected chi connectivity index (χ3v) is 3.66. The summed E-state index contributed by atoms with van der Waals surface area (Å²) in [6.07, 6.45) is 3.45. The van der Waals surface area contributed by atoms with Gasteiger partial charge in [0, 0.05) is 19.8 Å². The molecule has 102 valence electrons. The van der Waals surface area contributed by atoms with Crippen molar-refractivity contribution in [2.24, 2.45) is 5.92 Å². The van der Waals surface area contributed by atoms with Gasteiger partial charge in [-0.2, -0.15) is 0 Å². The highest BCUT2D eigenvalue weighted by Crippen LogP contribution is 2.15. The number of nitrogens with one attached hydrogen (secondary N) is 1. The Morgan fingerprint density at radius 3 is 2.67 bits per heavy atom. The van der Waals surface area contributed by atoms with E-state index < -0.39 is 0 Å². The molecule has 0 fully saturated rings. The van der Waals surface area contributed by atoms with Crippen LogP contribution in [0.15, 0.2) is 24.3 Å². The van der Waals surface area contributed by atoms with Crippen LogP contribution >= 0.6 is 0 Å². The highest BCUT2D eigenvalue weighted by molar-refractivity contribution is 5.22. The van der Waals surface area contributed by atoms with Crippen molar-refractivity contribution in [2.75, 3.05) is 20.8 Å². The fraction of sp³-hybridized carbons (Fsp3) is 0.625. The van der Waals surface area contributed by atoms with E-state index in [4.69, 9.17) is 4.74 Å². The summed E-state index contributed by atoms with van der Waals surface area (Å²) in [5, 5.41) is 3.44. The fourth-order valence-electron chi connectivity index (χ4n) is 2.41. The van der Waals surface area contributed by atoms with Gasteiger partial charge >= 0.3 is 0 Å². The van der Waals surface area contributed by atoms with Gasteiger partial charge in [0.05, 0.1) is 0 Å². The summed E-state index contributed by atoms with van der Waals surface area (Å²) in [4.78, 5) is 0. The summed E-state index contributed by atoms with van der Waals surface area (Å²) in [6.45, 7) is 5.31. The molecule has 2 heteroatoms. The second-order valence-electron chi connectivity index (χ2n) is 5.18. The van der Waals surface area contributed by atoms with Crippen molar-refractivity contribution in [1.82, 2.24) is 5.32 Å². The van der Waals surface area contributed by atoms with E-state index in [0.717, 1.165) is 19.4 Å². The summed E-state index contributed by atoms with van der Waals surface area (Å²) in [6, 6.07) is 9.38. The zero-order chi connectivity index (χ0) is 13.4. The number of rotatable bonds is 8. The fourth-order valence-corrected chi connectivity index (χ4v) is 2.41. The van der Waals surface area contributed by atoms with Gasteiger partial charge in [-0.15, -0.1) is 0 Å². The number of methoxy groups -OCH3 is 1. The maximum absolute atomic E-state index is 5.16. The van der Waals surface area contributed by atoms with E-state index in [9.17, 15) is 0 Å². The van der Waals surface area contributed by atoms with Crippen LogP contribution < -0.4 is 5.32 Å². The van der Waals surface area contributed by atoms with Crippen molar-refractivity contribution in [3.63, 3.8) is 0 Å². The van der Waals surface area contributed by atoms with Gasteiger partial charge in [0.1, 0.15) is 0 Å². The third kappa shape index (κ3) is 5.19. The molecule has 0 aliphatic rings. The van der Waals surface area contributed by atoms with Crippen molar-refractivity contribution < 1.29 is 4.74 Å². The smallest absolute Gasteiger partial charge is 0.0465 e.